The Morgan fingerprint density at radius 3 is 2.41 bits per heavy atom. The molecule has 0 aromatic heterocycles. The highest BCUT2D eigenvalue weighted by atomic mass is 32.2. The third-order valence-corrected chi connectivity index (χ3v) is 7.51. The summed E-state index contributed by atoms with van der Waals surface area (Å²) in [7, 11) is -3.56. The van der Waals surface area contributed by atoms with Crippen molar-refractivity contribution in [2.45, 2.75) is 31.7 Å². The molecule has 1 aliphatic rings. The van der Waals surface area contributed by atoms with E-state index < -0.39 is 21.9 Å². The standard InChI is InChI=1S/C21H26FN3O3S/c1-15-8-9-20(16(2)14-15)29(27,28)25-12-10-24(11-13-25)17(3)21(26)23-19-7-5-4-6-18(19)22/h4-9,14,17H,10-13H2,1-3H3,(H,23,26)/p+1/t17-/m0/s1. The van der Waals surface area contributed by atoms with Crippen molar-refractivity contribution in [1.82, 2.24) is 4.31 Å². The van der Waals surface area contributed by atoms with Crippen molar-refractivity contribution in [2.75, 3.05) is 31.5 Å². The summed E-state index contributed by atoms with van der Waals surface area (Å²) in [5, 5.41) is 2.62. The zero-order chi connectivity index (χ0) is 21.2. The number of aryl methyl sites for hydroxylation is 2. The number of piperazine rings is 1. The number of amides is 1. The summed E-state index contributed by atoms with van der Waals surface area (Å²) in [5.41, 5.74) is 1.91. The molecule has 0 unspecified atom stereocenters. The monoisotopic (exact) mass is 420 g/mol. The van der Waals surface area contributed by atoms with E-state index in [4.69, 9.17) is 0 Å². The minimum absolute atomic E-state index is 0.153. The molecule has 0 aliphatic carbocycles. The lowest BCUT2D eigenvalue weighted by atomic mass is 10.2. The van der Waals surface area contributed by atoms with Crippen LogP contribution in [0.15, 0.2) is 47.4 Å². The molecule has 1 fully saturated rings. The van der Waals surface area contributed by atoms with Gasteiger partial charge in [0.05, 0.1) is 36.8 Å². The molecular weight excluding hydrogens is 393 g/mol. The van der Waals surface area contributed by atoms with Crippen LogP contribution in [0.3, 0.4) is 0 Å². The second kappa shape index (κ2) is 8.61. The molecule has 0 saturated carbocycles. The minimum Gasteiger partial charge on any atom is -0.323 e. The van der Waals surface area contributed by atoms with Gasteiger partial charge in [0, 0.05) is 0 Å². The molecule has 1 saturated heterocycles. The van der Waals surface area contributed by atoms with E-state index in [0.29, 0.717) is 31.1 Å². The molecule has 29 heavy (non-hydrogen) atoms. The fraction of sp³-hybridized carbons (Fsp3) is 0.381. The fourth-order valence-electron chi connectivity index (χ4n) is 3.66. The lowest BCUT2D eigenvalue weighted by Gasteiger charge is -2.34. The van der Waals surface area contributed by atoms with Crippen LogP contribution >= 0.6 is 0 Å². The van der Waals surface area contributed by atoms with Crippen LogP contribution < -0.4 is 10.2 Å². The van der Waals surface area contributed by atoms with E-state index in [1.165, 1.54) is 16.4 Å². The predicted octanol–water partition coefficient (Wildman–Crippen LogP) is 1.36. The quantitative estimate of drug-likeness (QED) is 0.767. The molecule has 1 heterocycles. The second-order valence-corrected chi connectivity index (χ2v) is 9.43. The van der Waals surface area contributed by atoms with Crippen LogP contribution in [0.25, 0.3) is 0 Å². The summed E-state index contributed by atoms with van der Waals surface area (Å²) in [5.74, 6) is -0.761. The molecule has 8 heteroatoms. The summed E-state index contributed by atoms with van der Waals surface area (Å²) in [6, 6.07) is 10.9. The molecule has 0 spiro atoms. The van der Waals surface area contributed by atoms with Crippen molar-refractivity contribution in [3.63, 3.8) is 0 Å². The first kappa shape index (κ1) is 21.4. The first-order valence-electron chi connectivity index (χ1n) is 9.67. The predicted molar refractivity (Wildman–Crippen MR) is 110 cm³/mol. The van der Waals surface area contributed by atoms with Crippen molar-refractivity contribution in [3.8, 4) is 0 Å². The van der Waals surface area contributed by atoms with E-state index in [1.807, 2.05) is 13.0 Å². The van der Waals surface area contributed by atoms with Gasteiger partial charge < -0.3 is 10.2 Å². The number of carbonyl (C=O) groups excluding carboxylic acids is 1. The Bertz CT molecular complexity index is 1000. The number of nitrogens with zero attached hydrogens (tertiary/aromatic N) is 1. The molecule has 2 N–H and O–H groups in total. The van der Waals surface area contributed by atoms with Gasteiger partial charge in [0.25, 0.3) is 5.91 Å². The Kier molecular flexibility index (Phi) is 6.36. The van der Waals surface area contributed by atoms with Crippen molar-refractivity contribution < 1.29 is 22.5 Å². The first-order chi connectivity index (χ1) is 13.7. The summed E-state index contributed by atoms with van der Waals surface area (Å²) in [6.45, 7) is 7.20. The van der Waals surface area contributed by atoms with Crippen molar-refractivity contribution >= 4 is 21.6 Å². The molecule has 2 aromatic carbocycles. The van der Waals surface area contributed by atoms with Gasteiger partial charge in [-0.05, 0) is 44.5 Å². The average Bonchev–Trinajstić information content (AvgIpc) is 2.69. The summed E-state index contributed by atoms with van der Waals surface area (Å²) < 4.78 is 41.3. The summed E-state index contributed by atoms with van der Waals surface area (Å²) in [4.78, 5) is 13.8. The van der Waals surface area contributed by atoms with Gasteiger partial charge in [-0.25, -0.2) is 12.8 Å². The lowest BCUT2D eigenvalue weighted by Crippen LogP contribution is -3.19. The number of nitrogens with one attached hydrogen (secondary N) is 2. The molecule has 1 aliphatic heterocycles. The zero-order valence-corrected chi connectivity index (χ0v) is 17.7. The van der Waals surface area contributed by atoms with Crippen molar-refractivity contribution in [1.29, 1.82) is 0 Å². The number of quaternary nitrogens is 1. The van der Waals surface area contributed by atoms with Gasteiger partial charge in [0.2, 0.25) is 10.0 Å². The number of benzene rings is 2. The van der Waals surface area contributed by atoms with Crippen LogP contribution in [0.2, 0.25) is 0 Å². The van der Waals surface area contributed by atoms with Crippen molar-refractivity contribution in [3.05, 3.63) is 59.4 Å². The number of para-hydroxylation sites is 1. The third kappa shape index (κ3) is 4.66. The molecular formula is C21H27FN3O3S+. The molecule has 0 bridgehead atoms. The van der Waals surface area contributed by atoms with Gasteiger partial charge in [0.15, 0.2) is 6.04 Å². The number of halogens is 1. The maximum absolute atomic E-state index is 13.8. The van der Waals surface area contributed by atoms with E-state index >= 15 is 0 Å². The number of sulfonamides is 1. The first-order valence-corrected chi connectivity index (χ1v) is 11.1. The SMILES string of the molecule is Cc1ccc(S(=O)(=O)N2CC[NH+]([C@@H](C)C(=O)Nc3ccccc3F)CC2)c(C)c1. The van der Waals surface area contributed by atoms with Gasteiger partial charge >= 0.3 is 0 Å². The molecule has 1 atom stereocenters. The normalized spacial score (nSPS) is 17.1. The number of carbonyl (C=O) groups is 1. The largest absolute Gasteiger partial charge is 0.323 e. The van der Waals surface area contributed by atoms with Gasteiger partial charge in [-0.15, -0.1) is 0 Å². The van der Waals surface area contributed by atoms with E-state index in [-0.39, 0.29) is 11.6 Å². The minimum atomic E-state index is -3.56. The second-order valence-electron chi connectivity index (χ2n) is 7.52. The van der Waals surface area contributed by atoms with Crippen LogP contribution in [-0.2, 0) is 14.8 Å². The topological polar surface area (TPSA) is 70.9 Å². The van der Waals surface area contributed by atoms with Gasteiger partial charge in [-0.1, -0.05) is 29.8 Å². The Hall–Kier alpha value is -2.29. The Balaban J connectivity index is 1.63. The number of hydrogen-bond acceptors (Lipinski definition) is 3. The molecule has 2 aromatic rings. The number of hydrogen-bond donors (Lipinski definition) is 2. The van der Waals surface area contributed by atoms with E-state index in [0.717, 1.165) is 16.0 Å². The van der Waals surface area contributed by atoms with Crippen LogP contribution in [-0.4, -0.2) is 50.9 Å². The highest BCUT2D eigenvalue weighted by Crippen LogP contribution is 2.21. The number of rotatable bonds is 5. The summed E-state index contributed by atoms with van der Waals surface area (Å²) in [6.07, 6.45) is 0. The molecule has 6 nitrogen and oxygen atoms in total. The van der Waals surface area contributed by atoms with Gasteiger partial charge in [-0.2, -0.15) is 4.31 Å². The lowest BCUT2D eigenvalue weighted by molar-refractivity contribution is -0.917. The van der Waals surface area contributed by atoms with E-state index in [9.17, 15) is 17.6 Å². The number of anilines is 1. The Morgan fingerprint density at radius 1 is 1.14 bits per heavy atom. The summed E-state index contributed by atoms with van der Waals surface area (Å²) >= 11 is 0. The van der Waals surface area contributed by atoms with Crippen LogP contribution in [0.5, 0.6) is 0 Å². The van der Waals surface area contributed by atoms with Gasteiger partial charge in [0.1, 0.15) is 5.82 Å². The van der Waals surface area contributed by atoms with Gasteiger partial charge in [-0.3, -0.25) is 4.79 Å². The fourth-order valence-corrected chi connectivity index (χ4v) is 5.31. The molecule has 156 valence electrons. The zero-order valence-electron chi connectivity index (χ0n) is 16.9. The highest BCUT2D eigenvalue weighted by molar-refractivity contribution is 7.89. The van der Waals surface area contributed by atoms with Crippen molar-refractivity contribution in [2.24, 2.45) is 0 Å². The van der Waals surface area contributed by atoms with Crippen LogP contribution in [0.1, 0.15) is 18.1 Å². The Labute approximate surface area is 171 Å². The molecule has 1 amide bonds. The Morgan fingerprint density at radius 2 is 1.79 bits per heavy atom. The van der Waals surface area contributed by atoms with Crippen LogP contribution in [0.4, 0.5) is 10.1 Å². The highest BCUT2D eigenvalue weighted by Gasteiger charge is 2.35. The molecule has 0 radical (unpaired) electrons. The third-order valence-electron chi connectivity index (χ3n) is 5.45. The average molecular weight is 421 g/mol. The van der Waals surface area contributed by atoms with E-state index in [1.54, 1.807) is 38.1 Å². The smallest absolute Gasteiger partial charge is 0.282 e. The maximum atomic E-state index is 13.8. The van der Waals surface area contributed by atoms with Crippen LogP contribution in [0, 0.1) is 19.7 Å². The maximum Gasteiger partial charge on any atom is 0.282 e. The van der Waals surface area contributed by atoms with E-state index in [2.05, 4.69) is 5.32 Å². The molecule has 3 rings (SSSR count).